The minimum absolute atomic E-state index is 0.0679. The van der Waals surface area contributed by atoms with Crippen molar-refractivity contribution in [3.63, 3.8) is 0 Å². The molecular weight excluding hydrogens is 218 g/mol. The van der Waals surface area contributed by atoms with Crippen LogP contribution in [-0.4, -0.2) is 60.9 Å². The number of nitrogens with one attached hydrogen (secondary N) is 1. The second kappa shape index (κ2) is 5.31. The maximum absolute atomic E-state index is 12.2. The van der Waals surface area contributed by atoms with Gasteiger partial charge in [-0.1, -0.05) is 6.08 Å². The lowest BCUT2D eigenvalue weighted by Gasteiger charge is -2.29. The monoisotopic (exact) mass is 237 g/mol. The Balaban J connectivity index is 1.92. The number of hydrogen-bond acceptors (Lipinski definition) is 3. The van der Waals surface area contributed by atoms with E-state index in [0.29, 0.717) is 19.5 Å². The van der Waals surface area contributed by atoms with E-state index in [1.165, 1.54) is 0 Å². The van der Waals surface area contributed by atoms with Gasteiger partial charge < -0.3 is 15.1 Å². The van der Waals surface area contributed by atoms with Crippen molar-refractivity contribution in [3.05, 3.63) is 12.7 Å². The van der Waals surface area contributed by atoms with Crippen LogP contribution in [0.2, 0.25) is 0 Å². The predicted octanol–water partition coefficient (Wildman–Crippen LogP) is -0.547. The third kappa shape index (κ3) is 2.66. The lowest BCUT2D eigenvalue weighted by atomic mass is 10.1. The molecule has 0 saturated carbocycles. The summed E-state index contributed by atoms with van der Waals surface area (Å²) in [7, 11) is 0. The van der Waals surface area contributed by atoms with E-state index >= 15 is 0 Å². The number of hydrogen-bond donors (Lipinski definition) is 1. The van der Waals surface area contributed by atoms with Gasteiger partial charge in [0.05, 0.1) is 5.92 Å². The normalized spacial score (nSPS) is 25.2. The zero-order valence-electron chi connectivity index (χ0n) is 10.0. The summed E-state index contributed by atoms with van der Waals surface area (Å²) in [5, 5.41) is 3.21. The molecule has 2 fully saturated rings. The second-order valence-corrected chi connectivity index (χ2v) is 4.56. The number of piperazine rings is 1. The predicted molar refractivity (Wildman–Crippen MR) is 64.3 cm³/mol. The number of carbonyl (C=O) groups is 2. The molecule has 5 heteroatoms. The summed E-state index contributed by atoms with van der Waals surface area (Å²) in [6.45, 7) is 7.93. The minimum atomic E-state index is -0.152. The van der Waals surface area contributed by atoms with Crippen molar-refractivity contribution in [2.45, 2.75) is 6.42 Å². The van der Waals surface area contributed by atoms with Crippen LogP contribution in [0, 0.1) is 5.92 Å². The van der Waals surface area contributed by atoms with Crippen LogP contribution < -0.4 is 5.32 Å². The van der Waals surface area contributed by atoms with E-state index in [2.05, 4.69) is 11.9 Å². The Bertz CT molecular complexity index is 324. The Hall–Kier alpha value is -1.36. The van der Waals surface area contributed by atoms with Crippen molar-refractivity contribution in [2.24, 2.45) is 5.92 Å². The van der Waals surface area contributed by atoms with E-state index in [-0.39, 0.29) is 17.7 Å². The van der Waals surface area contributed by atoms with E-state index in [1.54, 1.807) is 11.0 Å². The standard InChI is InChI=1S/C12H19N3O2/c1-2-5-15-9-10(8-11(15)16)12(17)14-6-3-13-4-7-14/h2,10,13H,1,3-9H2. The Labute approximate surface area is 101 Å². The molecule has 1 N–H and O–H groups in total. The molecule has 0 aromatic rings. The van der Waals surface area contributed by atoms with Gasteiger partial charge in [-0.25, -0.2) is 0 Å². The molecule has 0 bridgehead atoms. The molecule has 0 aromatic heterocycles. The molecule has 1 atom stereocenters. The third-order valence-electron chi connectivity index (χ3n) is 3.34. The van der Waals surface area contributed by atoms with Crippen LogP contribution in [0.15, 0.2) is 12.7 Å². The van der Waals surface area contributed by atoms with Crippen LogP contribution in [0.3, 0.4) is 0 Å². The molecule has 0 spiro atoms. The van der Waals surface area contributed by atoms with Gasteiger partial charge in [-0.2, -0.15) is 0 Å². The van der Waals surface area contributed by atoms with Crippen molar-refractivity contribution in [2.75, 3.05) is 39.3 Å². The zero-order valence-corrected chi connectivity index (χ0v) is 10.0. The topological polar surface area (TPSA) is 52.7 Å². The quantitative estimate of drug-likeness (QED) is 0.670. The number of amides is 2. The Kier molecular flexibility index (Phi) is 3.78. The number of nitrogens with zero attached hydrogens (tertiary/aromatic N) is 2. The van der Waals surface area contributed by atoms with Gasteiger partial charge in [-0.05, 0) is 0 Å². The zero-order chi connectivity index (χ0) is 12.3. The summed E-state index contributed by atoms with van der Waals surface area (Å²) in [6.07, 6.45) is 2.06. The number of carbonyl (C=O) groups excluding carboxylic acids is 2. The summed E-state index contributed by atoms with van der Waals surface area (Å²) in [4.78, 5) is 27.4. The molecule has 0 aliphatic carbocycles. The number of rotatable bonds is 3. The molecule has 94 valence electrons. The minimum Gasteiger partial charge on any atom is -0.340 e. The van der Waals surface area contributed by atoms with Crippen molar-refractivity contribution < 1.29 is 9.59 Å². The van der Waals surface area contributed by atoms with Gasteiger partial charge in [0.1, 0.15) is 0 Å². The molecule has 17 heavy (non-hydrogen) atoms. The smallest absolute Gasteiger partial charge is 0.228 e. The number of likely N-dealkylation sites (tertiary alicyclic amines) is 1. The fraction of sp³-hybridized carbons (Fsp3) is 0.667. The summed E-state index contributed by atoms with van der Waals surface area (Å²) >= 11 is 0. The van der Waals surface area contributed by atoms with Crippen LogP contribution in [0.25, 0.3) is 0 Å². The first-order chi connectivity index (χ1) is 8.22. The lowest BCUT2D eigenvalue weighted by Crippen LogP contribution is -2.48. The Morgan fingerprint density at radius 1 is 1.47 bits per heavy atom. The fourth-order valence-corrected chi connectivity index (χ4v) is 2.41. The highest BCUT2D eigenvalue weighted by Gasteiger charge is 2.36. The largest absolute Gasteiger partial charge is 0.340 e. The van der Waals surface area contributed by atoms with E-state index in [1.807, 2.05) is 4.90 Å². The van der Waals surface area contributed by atoms with Gasteiger partial charge in [-0.15, -0.1) is 6.58 Å². The maximum atomic E-state index is 12.2. The van der Waals surface area contributed by atoms with Crippen LogP contribution in [0.1, 0.15) is 6.42 Å². The molecule has 2 saturated heterocycles. The molecule has 2 heterocycles. The van der Waals surface area contributed by atoms with E-state index < -0.39 is 0 Å². The molecule has 1 unspecified atom stereocenters. The van der Waals surface area contributed by atoms with Crippen LogP contribution in [-0.2, 0) is 9.59 Å². The highest BCUT2D eigenvalue weighted by atomic mass is 16.2. The average molecular weight is 237 g/mol. The van der Waals surface area contributed by atoms with Gasteiger partial charge in [0.2, 0.25) is 11.8 Å². The maximum Gasteiger partial charge on any atom is 0.228 e. The van der Waals surface area contributed by atoms with Crippen LogP contribution in [0.4, 0.5) is 0 Å². The molecule has 0 aromatic carbocycles. The molecule has 2 rings (SSSR count). The summed E-state index contributed by atoms with van der Waals surface area (Å²) in [5.41, 5.74) is 0. The van der Waals surface area contributed by atoms with E-state index in [4.69, 9.17) is 0 Å². The van der Waals surface area contributed by atoms with Crippen molar-refractivity contribution in [1.29, 1.82) is 0 Å². The van der Waals surface area contributed by atoms with Crippen molar-refractivity contribution in [1.82, 2.24) is 15.1 Å². The molecule has 5 nitrogen and oxygen atoms in total. The highest BCUT2D eigenvalue weighted by Crippen LogP contribution is 2.20. The van der Waals surface area contributed by atoms with Gasteiger partial charge >= 0.3 is 0 Å². The van der Waals surface area contributed by atoms with Crippen molar-refractivity contribution in [3.8, 4) is 0 Å². The van der Waals surface area contributed by atoms with Gasteiger partial charge in [0.25, 0.3) is 0 Å². The van der Waals surface area contributed by atoms with Gasteiger partial charge in [0, 0.05) is 45.7 Å². The highest BCUT2D eigenvalue weighted by molar-refractivity contribution is 5.89. The Morgan fingerprint density at radius 2 is 2.18 bits per heavy atom. The first-order valence-electron chi connectivity index (χ1n) is 6.10. The molecular formula is C12H19N3O2. The molecule has 2 amide bonds. The van der Waals surface area contributed by atoms with E-state index in [9.17, 15) is 9.59 Å². The van der Waals surface area contributed by atoms with Gasteiger partial charge in [-0.3, -0.25) is 9.59 Å². The summed E-state index contributed by atoms with van der Waals surface area (Å²) in [6, 6.07) is 0. The first-order valence-corrected chi connectivity index (χ1v) is 6.10. The SMILES string of the molecule is C=CCN1CC(C(=O)N2CCNCC2)CC1=O. The fourth-order valence-electron chi connectivity index (χ4n) is 2.41. The first kappa shape index (κ1) is 12.1. The van der Waals surface area contributed by atoms with Crippen LogP contribution in [0.5, 0.6) is 0 Å². The summed E-state index contributed by atoms with van der Waals surface area (Å²) < 4.78 is 0. The van der Waals surface area contributed by atoms with Crippen LogP contribution >= 0.6 is 0 Å². The molecule has 2 aliphatic rings. The van der Waals surface area contributed by atoms with E-state index in [0.717, 1.165) is 26.2 Å². The second-order valence-electron chi connectivity index (χ2n) is 4.56. The Morgan fingerprint density at radius 3 is 2.82 bits per heavy atom. The van der Waals surface area contributed by atoms with Crippen molar-refractivity contribution >= 4 is 11.8 Å². The lowest BCUT2D eigenvalue weighted by molar-refractivity contribution is -0.136. The average Bonchev–Trinajstić information content (AvgIpc) is 2.72. The third-order valence-corrected chi connectivity index (χ3v) is 3.34. The summed E-state index contributed by atoms with van der Waals surface area (Å²) in [5.74, 6) is 0.0466. The molecule has 2 aliphatic heterocycles. The van der Waals surface area contributed by atoms with Gasteiger partial charge in [0.15, 0.2) is 0 Å². The molecule has 0 radical (unpaired) electrons.